The Morgan fingerprint density at radius 3 is 2.50 bits per heavy atom. The number of likely N-dealkylation sites (tertiary alicyclic amines) is 1. The van der Waals surface area contributed by atoms with Crippen molar-refractivity contribution in [3.63, 3.8) is 0 Å². The molecule has 0 aromatic heterocycles. The molecule has 1 aliphatic rings. The molecule has 0 spiro atoms. The second kappa shape index (κ2) is 7.31. The van der Waals surface area contributed by atoms with Crippen LogP contribution in [-0.4, -0.2) is 29.9 Å². The predicted octanol–water partition coefficient (Wildman–Crippen LogP) is 2.26. The third-order valence-electron chi connectivity index (χ3n) is 2.81. The Bertz CT molecular complexity index is 527. The van der Waals surface area contributed by atoms with E-state index in [1.807, 2.05) is 4.90 Å². The zero-order chi connectivity index (χ0) is 13.8. The van der Waals surface area contributed by atoms with E-state index in [4.69, 9.17) is 23.1 Å². The molecule has 0 saturated carbocycles. The van der Waals surface area contributed by atoms with Gasteiger partial charge in [-0.25, -0.2) is 9.38 Å². The Morgan fingerprint density at radius 1 is 1.25 bits per heavy atom. The van der Waals surface area contributed by atoms with Gasteiger partial charge in [0.05, 0.1) is 10.7 Å². The van der Waals surface area contributed by atoms with E-state index in [2.05, 4.69) is 9.98 Å². The van der Waals surface area contributed by atoms with Crippen LogP contribution in [0.2, 0.25) is 5.02 Å². The lowest BCUT2D eigenvalue weighted by molar-refractivity contribution is 0.514. The van der Waals surface area contributed by atoms with E-state index < -0.39 is 5.82 Å². The zero-order valence-electron chi connectivity index (χ0n) is 10.7. The average molecular weight is 320 g/mol. The van der Waals surface area contributed by atoms with Gasteiger partial charge < -0.3 is 16.4 Å². The molecule has 2 rings (SSSR count). The summed E-state index contributed by atoms with van der Waals surface area (Å²) in [5.41, 5.74) is 11.9. The molecular formula is C12H16Cl2FN5. The van der Waals surface area contributed by atoms with Crippen molar-refractivity contribution in [1.29, 1.82) is 0 Å². The Labute approximate surface area is 127 Å². The largest absolute Gasteiger partial charge is 0.369 e. The summed E-state index contributed by atoms with van der Waals surface area (Å²) in [6, 6.07) is 4.07. The molecule has 110 valence electrons. The van der Waals surface area contributed by atoms with Gasteiger partial charge >= 0.3 is 0 Å². The molecule has 20 heavy (non-hydrogen) atoms. The first-order valence-electron chi connectivity index (χ1n) is 5.94. The van der Waals surface area contributed by atoms with E-state index in [9.17, 15) is 4.39 Å². The Morgan fingerprint density at radius 2 is 1.90 bits per heavy atom. The van der Waals surface area contributed by atoms with Gasteiger partial charge in [-0.05, 0) is 31.0 Å². The first-order chi connectivity index (χ1) is 9.06. The Hall–Kier alpha value is -1.53. The number of hydrogen-bond donors (Lipinski definition) is 2. The monoisotopic (exact) mass is 319 g/mol. The van der Waals surface area contributed by atoms with Crippen LogP contribution in [0.5, 0.6) is 0 Å². The molecule has 5 nitrogen and oxygen atoms in total. The number of nitrogens with zero attached hydrogens (tertiary/aromatic N) is 3. The fraction of sp³-hybridized carbons (Fsp3) is 0.333. The summed E-state index contributed by atoms with van der Waals surface area (Å²) in [6.07, 6.45) is 2.20. The van der Waals surface area contributed by atoms with Gasteiger partial charge in [-0.3, -0.25) is 0 Å². The SMILES string of the molecule is Cl.NC(=Nc1ccc(F)c(Cl)c1)N=C(N)N1CCCC1. The molecule has 0 bridgehead atoms. The van der Waals surface area contributed by atoms with Crippen LogP contribution < -0.4 is 11.5 Å². The van der Waals surface area contributed by atoms with Gasteiger partial charge in [0.15, 0.2) is 5.96 Å². The van der Waals surface area contributed by atoms with E-state index in [1.165, 1.54) is 18.2 Å². The van der Waals surface area contributed by atoms with E-state index in [-0.39, 0.29) is 23.4 Å². The van der Waals surface area contributed by atoms with Crippen LogP contribution in [0.4, 0.5) is 10.1 Å². The molecule has 0 amide bonds. The molecular weight excluding hydrogens is 304 g/mol. The second-order valence-corrected chi connectivity index (χ2v) is 4.64. The van der Waals surface area contributed by atoms with Crippen molar-refractivity contribution in [3.05, 3.63) is 29.0 Å². The molecule has 1 aromatic rings. The molecule has 1 heterocycles. The molecule has 8 heteroatoms. The smallest absolute Gasteiger partial charge is 0.223 e. The number of guanidine groups is 2. The van der Waals surface area contributed by atoms with E-state index >= 15 is 0 Å². The highest BCUT2D eigenvalue weighted by Gasteiger charge is 2.13. The van der Waals surface area contributed by atoms with Crippen LogP contribution in [0.1, 0.15) is 12.8 Å². The lowest BCUT2D eigenvalue weighted by Crippen LogP contribution is -2.36. The van der Waals surface area contributed by atoms with E-state index in [0.29, 0.717) is 11.6 Å². The first-order valence-corrected chi connectivity index (χ1v) is 6.32. The summed E-state index contributed by atoms with van der Waals surface area (Å²) >= 11 is 5.65. The van der Waals surface area contributed by atoms with Crippen LogP contribution in [0, 0.1) is 5.82 Å². The predicted molar refractivity (Wildman–Crippen MR) is 82.4 cm³/mol. The van der Waals surface area contributed by atoms with Crippen LogP contribution in [0.15, 0.2) is 28.2 Å². The summed E-state index contributed by atoms with van der Waals surface area (Å²) in [7, 11) is 0. The maximum atomic E-state index is 13.0. The summed E-state index contributed by atoms with van der Waals surface area (Å²) < 4.78 is 13.0. The normalized spacial score (nSPS) is 16.2. The number of benzene rings is 1. The van der Waals surface area contributed by atoms with Gasteiger partial charge in [0, 0.05) is 13.1 Å². The third kappa shape index (κ3) is 4.25. The lowest BCUT2D eigenvalue weighted by Gasteiger charge is -2.15. The Kier molecular flexibility index (Phi) is 6.04. The average Bonchev–Trinajstić information content (AvgIpc) is 2.87. The van der Waals surface area contributed by atoms with Crippen molar-refractivity contribution in [2.24, 2.45) is 21.5 Å². The molecule has 0 atom stereocenters. The van der Waals surface area contributed by atoms with E-state index in [1.54, 1.807) is 0 Å². The van der Waals surface area contributed by atoms with Crippen molar-refractivity contribution in [3.8, 4) is 0 Å². The fourth-order valence-electron chi connectivity index (χ4n) is 1.85. The Balaban J connectivity index is 0.00000200. The summed E-state index contributed by atoms with van der Waals surface area (Å²) in [4.78, 5) is 9.98. The molecule has 4 N–H and O–H groups in total. The van der Waals surface area contributed by atoms with E-state index in [0.717, 1.165) is 25.9 Å². The number of hydrogen-bond acceptors (Lipinski definition) is 1. The van der Waals surface area contributed by atoms with Crippen LogP contribution in [0.3, 0.4) is 0 Å². The van der Waals surface area contributed by atoms with Crippen molar-refractivity contribution in [2.45, 2.75) is 12.8 Å². The summed E-state index contributed by atoms with van der Waals surface area (Å²) in [6.45, 7) is 1.76. The number of halogens is 3. The highest BCUT2D eigenvalue weighted by Crippen LogP contribution is 2.21. The van der Waals surface area contributed by atoms with Crippen molar-refractivity contribution < 1.29 is 4.39 Å². The van der Waals surface area contributed by atoms with Gasteiger partial charge in [-0.2, -0.15) is 4.99 Å². The molecule has 0 unspecified atom stereocenters. The third-order valence-corrected chi connectivity index (χ3v) is 3.10. The van der Waals surface area contributed by atoms with Gasteiger partial charge in [0.25, 0.3) is 0 Å². The minimum Gasteiger partial charge on any atom is -0.369 e. The van der Waals surface area contributed by atoms with Crippen molar-refractivity contribution in [2.75, 3.05) is 13.1 Å². The van der Waals surface area contributed by atoms with Crippen LogP contribution >= 0.6 is 24.0 Å². The van der Waals surface area contributed by atoms with Gasteiger partial charge in [0.1, 0.15) is 5.82 Å². The quantitative estimate of drug-likeness (QED) is 0.615. The van der Waals surface area contributed by atoms with Crippen molar-refractivity contribution in [1.82, 2.24) is 4.90 Å². The highest BCUT2D eigenvalue weighted by molar-refractivity contribution is 6.31. The molecule has 1 fully saturated rings. The second-order valence-electron chi connectivity index (χ2n) is 4.23. The lowest BCUT2D eigenvalue weighted by atomic mass is 10.3. The molecule has 0 aliphatic carbocycles. The van der Waals surface area contributed by atoms with Crippen molar-refractivity contribution >= 4 is 41.6 Å². The summed E-state index contributed by atoms with van der Waals surface area (Å²) in [5, 5.41) is -0.00876. The molecule has 1 aromatic carbocycles. The fourth-order valence-corrected chi connectivity index (χ4v) is 2.02. The van der Waals surface area contributed by atoms with Gasteiger partial charge in [-0.1, -0.05) is 11.6 Å². The molecule has 0 radical (unpaired) electrons. The highest BCUT2D eigenvalue weighted by atomic mass is 35.5. The minimum atomic E-state index is -0.501. The maximum absolute atomic E-state index is 13.0. The topological polar surface area (TPSA) is 80.0 Å². The minimum absolute atomic E-state index is 0. The number of nitrogens with two attached hydrogens (primary N) is 2. The van der Waals surface area contributed by atoms with Gasteiger partial charge in [0.2, 0.25) is 5.96 Å². The molecule has 1 aliphatic heterocycles. The number of rotatable bonds is 1. The van der Waals surface area contributed by atoms with Gasteiger partial charge in [-0.15, -0.1) is 12.4 Å². The van der Waals surface area contributed by atoms with Crippen LogP contribution in [-0.2, 0) is 0 Å². The standard InChI is InChI=1S/C12H15ClFN5.ClH/c13-9-7-8(3-4-10(9)14)17-11(15)18-12(16)19-5-1-2-6-19;/h3-4,7H,1-2,5-6H2,(H4,15,16,17,18);1H. The number of aliphatic imine (C=N–C) groups is 2. The summed E-state index contributed by atoms with van der Waals surface area (Å²) in [5.74, 6) is -0.127. The maximum Gasteiger partial charge on any atom is 0.223 e. The molecule has 1 saturated heterocycles. The van der Waals surface area contributed by atoms with Crippen LogP contribution in [0.25, 0.3) is 0 Å². The first kappa shape index (κ1) is 16.5. The zero-order valence-corrected chi connectivity index (χ0v) is 12.3.